The number of hydrogen-bond acceptors (Lipinski definition) is 21. The van der Waals surface area contributed by atoms with Crippen molar-refractivity contribution in [3.63, 3.8) is 0 Å². The number of aliphatic hydroxyl groups is 5. The lowest BCUT2D eigenvalue weighted by atomic mass is 9.68. The third-order valence-electron chi connectivity index (χ3n) is 18.0. The van der Waals surface area contributed by atoms with Gasteiger partial charge >= 0.3 is 0 Å². The molecule has 0 radical (unpaired) electrons. The molecule has 550 valence electrons. The van der Waals surface area contributed by atoms with E-state index in [2.05, 4.69) is 51.6 Å². The smallest absolute Gasteiger partial charge is 0.126 e. The molecule has 0 heterocycles. The summed E-state index contributed by atoms with van der Waals surface area (Å²) in [6.45, 7) is 15.3. The van der Waals surface area contributed by atoms with E-state index >= 15 is 0 Å². The lowest BCUT2D eigenvalue weighted by Crippen LogP contribution is -2.27. The van der Waals surface area contributed by atoms with Crippen LogP contribution in [0.3, 0.4) is 0 Å². The maximum Gasteiger partial charge on any atom is 0.126 e. The standard InChI is InChI=1S/C41H52O9.C20H28O6.C19H24O6/c1-40(2,34-14-26(20-45-4)37(42)27(15-34)21-46-5)32-10-12-33(13-11-32)41(3,35-16-28(22-47-6)38(43)29(17-35)23-48-7)36-18-30(24-49-8)39(44)31(19-36)25-50-9;1-14(8-16(11-24-3)19(21)6-7-23-2)15-9-17(12-25-4)20(22)18(10-15)13-26-5;1-19(2,15-3-11(7-20)17(24)12(4-15)8-21)16-5-13(9-22)18(25)14(6-16)10-23/h10-19,42-44H,20-25H2,1-9H3;6,8-10,21-22H,1,7,11-13H2,2-5H3;3-6,20-25H,7-10H2,1-2H3/b;16-8-,19-6-;. The number of rotatable bonds is 34. The van der Waals surface area contributed by atoms with E-state index in [9.17, 15) is 56.2 Å². The number of benzene rings is 7. The Bertz CT molecular complexity index is 3630. The van der Waals surface area contributed by atoms with Crippen molar-refractivity contribution in [3.8, 4) is 34.5 Å². The Labute approximate surface area is 593 Å². The molecule has 7 aromatic rings. The van der Waals surface area contributed by atoms with Crippen LogP contribution in [-0.4, -0.2) is 140 Å². The molecule has 11 N–H and O–H groups in total. The summed E-state index contributed by atoms with van der Waals surface area (Å²) >= 11 is 0. The molecule has 7 aromatic carbocycles. The summed E-state index contributed by atoms with van der Waals surface area (Å²) in [5.41, 5.74) is 13.0. The van der Waals surface area contributed by atoms with Gasteiger partial charge in [0.2, 0.25) is 0 Å². The van der Waals surface area contributed by atoms with Crippen LogP contribution in [0.15, 0.2) is 127 Å². The summed E-state index contributed by atoms with van der Waals surface area (Å²) in [5, 5.41) is 112. The Kier molecular flexibility index (Phi) is 32.5. The van der Waals surface area contributed by atoms with Crippen molar-refractivity contribution in [1.29, 1.82) is 0 Å². The van der Waals surface area contributed by atoms with Gasteiger partial charge in [0.25, 0.3) is 0 Å². The molecular weight excluding hydrogens is 1300 g/mol. The molecule has 0 bridgehead atoms. The predicted molar refractivity (Wildman–Crippen MR) is 386 cm³/mol. The highest BCUT2D eigenvalue weighted by atomic mass is 16.5. The first-order valence-electron chi connectivity index (χ1n) is 32.5. The SMILES string of the molecule is C=C(/C=C(COC)\C(O)=C\COC)c1cc(COC)c(O)c(COC)c1.CC(C)(c1cc(CO)c(O)c(CO)c1)c1cc(CO)c(O)c(CO)c1.COCc1cc(C(C)(C)c2ccc(C(C)(c3cc(COC)c(O)c(COC)c3)c3cc(COC)c(O)c(COC)c3)cc2)cc(COC)c1O. The Morgan fingerprint density at radius 2 is 0.584 bits per heavy atom. The highest BCUT2D eigenvalue weighted by molar-refractivity contribution is 5.75. The zero-order chi connectivity index (χ0) is 74.9. The molecule has 0 aliphatic carbocycles. The van der Waals surface area contributed by atoms with E-state index < -0.39 is 16.2 Å². The zero-order valence-corrected chi connectivity index (χ0v) is 61.0. The van der Waals surface area contributed by atoms with Crippen molar-refractivity contribution in [2.45, 2.75) is 130 Å². The highest BCUT2D eigenvalue weighted by Gasteiger charge is 2.36. The minimum atomic E-state index is -0.782. The van der Waals surface area contributed by atoms with Crippen LogP contribution in [0.1, 0.15) is 146 Å². The maximum atomic E-state index is 11.1. The second kappa shape index (κ2) is 39.3. The van der Waals surface area contributed by atoms with Crippen molar-refractivity contribution in [2.24, 2.45) is 0 Å². The van der Waals surface area contributed by atoms with Crippen LogP contribution < -0.4 is 0 Å². The van der Waals surface area contributed by atoms with E-state index in [1.54, 1.807) is 120 Å². The van der Waals surface area contributed by atoms with Crippen LogP contribution in [0, 0.1) is 0 Å². The highest BCUT2D eigenvalue weighted by Crippen LogP contribution is 2.46. The van der Waals surface area contributed by atoms with Gasteiger partial charge in [-0.25, -0.2) is 0 Å². The van der Waals surface area contributed by atoms with Gasteiger partial charge < -0.3 is 104 Å². The lowest BCUT2D eigenvalue weighted by Gasteiger charge is -2.35. The molecule has 0 atom stereocenters. The van der Waals surface area contributed by atoms with Gasteiger partial charge in [-0.1, -0.05) is 58.5 Å². The molecular formula is C80H104O21. The Morgan fingerprint density at radius 3 is 0.851 bits per heavy atom. The molecule has 0 amide bonds. The average molecular weight is 1400 g/mol. The van der Waals surface area contributed by atoms with Crippen molar-refractivity contribution >= 4 is 5.57 Å². The number of hydrogen-bond donors (Lipinski definition) is 11. The predicted octanol–water partition coefficient (Wildman–Crippen LogP) is 12.1. The van der Waals surface area contributed by atoms with Crippen LogP contribution in [0.5, 0.6) is 34.5 Å². The van der Waals surface area contributed by atoms with Crippen LogP contribution >= 0.6 is 0 Å². The van der Waals surface area contributed by atoms with Gasteiger partial charge in [0, 0.05) is 160 Å². The summed E-state index contributed by atoms with van der Waals surface area (Å²) in [7, 11) is 15.8. The number of methoxy groups -OCH3 is 10. The number of aliphatic hydroxyl groups excluding tert-OH is 5. The van der Waals surface area contributed by atoms with Crippen molar-refractivity contribution < 1.29 is 104 Å². The summed E-state index contributed by atoms with van der Waals surface area (Å²) in [6, 6.07) is 30.6. The minimum absolute atomic E-state index is 0.0721. The maximum absolute atomic E-state index is 11.1. The summed E-state index contributed by atoms with van der Waals surface area (Å²) in [4.78, 5) is 0. The van der Waals surface area contributed by atoms with Gasteiger partial charge in [0.1, 0.15) is 40.3 Å². The van der Waals surface area contributed by atoms with Crippen LogP contribution in [-0.2, 0) is 143 Å². The zero-order valence-electron chi connectivity index (χ0n) is 61.0. The Morgan fingerprint density at radius 1 is 0.337 bits per heavy atom. The third-order valence-corrected chi connectivity index (χ3v) is 18.0. The lowest BCUT2D eigenvalue weighted by molar-refractivity contribution is 0.174. The van der Waals surface area contributed by atoms with E-state index in [1.807, 2.05) is 50.2 Å². The summed E-state index contributed by atoms with van der Waals surface area (Å²) < 4.78 is 53.2. The van der Waals surface area contributed by atoms with Crippen molar-refractivity contribution in [2.75, 3.05) is 84.3 Å². The Hall–Kier alpha value is -8.20. The number of phenolic OH excluding ortho intramolecular Hbond substituents is 4. The molecule has 0 aromatic heterocycles. The fourth-order valence-corrected chi connectivity index (χ4v) is 12.0. The molecule has 0 saturated heterocycles. The molecule has 0 aliphatic heterocycles. The van der Waals surface area contributed by atoms with Crippen LogP contribution in [0.25, 0.3) is 5.57 Å². The topological polar surface area (TPSA) is 315 Å². The van der Waals surface area contributed by atoms with Crippen molar-refractivity contribution in [3.05, 3.63) is 238 Å². The summed E-state index contributed by atoms with van der Waals surface area (Å²) in [5.74, 6) is 0.403. The summed E-state index contributed by atoms with van der Waals surface area (Å²) in [6.07, 6.45) is 3.30. The van der Waals surface area contributed by atoms with Crippen LogP contribution in [0.4, 0.5) is 0 Å². The first kappa shape index (κ1) is 83.5. The number of aromatic hydroxyl groups is 6. The number of allylic oxidation sites excluding steroid dienone is 2. The normalized spacial score (nSPS) is 12.1. The fraction of sp³-hybridized carbons (Fsp3) is 0.400. The number of phenols is 6. The monoisotopic (exact) mass is 1400 g/mol. The third kappa shape index (κ3) is 20.3. The average Bonchev–Trinajstić information content (AvgIpc) is 0.743. The van der Waals surface area contributed by atoms with E-state index in [0.29, 0.717) is 77.9 Å². The van der Waals surface area contributed by atoms with Gasteiger partial charge in [0.15, 0.2) is 0 Å². The fourth-order valence-electron chi connectivity index (χ4n) is 12.0. The van der Waals surface area contributed by atoms with Gasteiger partial charge in [-0.15, -0.1) is 0 Å². The molecule has 21 nitrogen and oxygen atoms in total. The van der Waals surface area contributed by atoms with Gasteiger partial charge in [-0.05, 0) is 142 Å². The quantitative estimate of drug-likeness (QED) is 0.0101. The van der Waals surface area contributed by atoms with E-state index in [0.717, 1.165) is 44.5 Å². The molecule has 0 spiro atoms. The first-order valence-corrected chi connectivity index (χ1v) is 32.5. The van der Waals surface area contributed by atoms with E-state index in [4.69, 9.17) is 47.4 Å². The van der Waals surface area contributed by atoms with Gasteiger partial charge in [-0.3, -0.25) is 0 Å². The molecule has 0 saturated carbocycles. The second-order valence-electron chi connectivity index (χ2n) is 25.6. The largest absolute Gasteiger partial charge is 0.508 e. The molecule has 101 heavy (non-hydrogen) atoms. The molecule has 0 aliphatic rings. The first-order chi connectivity index (χ1) is 48.2. The molecule has 0 unspecified atom stereocenters. The van der Waals surface area contributed by atoms with Gasteiger partial charge in [0.05, 0.1) is 92.5 Å². The Balaban J connectivity index is 0.000000302. The van der Waals surface area contributed by atoms with Gasteiger partial charge in [-0.2, -0.15) is 0 Å². The second-order valence-corrected chi connectivity index (χ2v) is 25.6. The number of ether oxygens (including phenoxy) is 10. The van der Waals surface area contributed by atoms with Crippen LogP contribution in [0.2, 0.25) is 0 Å². The van der Waals surface area contributed by atoms with Crippen molar-refractivity contribution in [1.82, 2.24) is 0 Å². The van der Waals surface area contributed by atoms with E-state index in [1.165, 1.54) is 0 Å². The minimum Gasteiger partial charge on any atom is -0.508 e. The molecule has 21 heteroatoms. The van der Waals surface area contributed by atoms with E-state index in [-0.39, 0.29) is 133 Å². The molecule has 7 rings (SSSR count). The molecule has 0 fully saturated rings.